The normalized spacial score (nSPS) is 12.3. The highest BCUT2D eigenvalue weighted by Gasteiger charge is 2.30. The van der Waals surface area contributed by atoms with Crippen LogP contribution in [0.3, 0.4) is 0 Å². The number of benzene rings is 4. The highest BCUT2D eigenvalue weighted by Crippen LogP contribution is 2.52. The van der Waals surface area contributed by atoms with Crippen molar-refractivity contribution in [3.8, 4) is 0 Å². The lowest BCUT2D eigenvalue weighted by Gasteiger charge is -2.31. The van der Waals surface area contributed by atoms with Crippen molar-refractivity contribution in [2.75, 3.05) is 40.6 Å². The molecule has 1 heterocycles. The number of amides is 3. The molecule has 0 bridgehead atoms. The molecule has 5 aromatic rings. The second-order valence-corrected chi connectivity index (χ2v) is 18.6. The number of nitrogens with one attached hydrogen (secondary N) is 2. The topological polar surface area (TPSA) is 158 Å². The van der Waals surface area contributed by atoms with Gasteiger partial charge >= 0.3 is 25.9 Å². The molecular weight excluding hydrogens is 858 g/mol. The average molecular weight is 922 g/mol. The van der Waals surface area contributed by atoms with Crippen molar-refractivity contribution in [3.63, 3.8) is 0 Å². The molecule has 0 fully saturated rings. The number of phosphoric ester groups is 1. The molecule has 66 heavy (non-hydrogen) atoms. The summed E-state index contributed by atoms with van der Waals surface area (Å²) in [5.41, 5.74) is 6.03. The first-order valence-electron chi connectivity index (χ1n) is 22.3. The number of urea groups is 1. The number of carbonyl (C=O) groups is 3. The quantitative estimate of drug-likeness (QED) is 0.0365. The van der Waals surface area contributed by atoms with E-state index in [1.54, 1.807) is 12.1 Å². The fourth-order valence-corrected chi connectivity index (χ4v) is 8.22. The molecule has 2 atom stereocenters. The van der Waals surface area contributed by atoms with Crippen molar-refractivity contribution in [2.24, 2.45) is 11.8 Å². The lowest BCUT2D eigenvalue weighted by molar-refractivity contribution is -0.165. The van der Waals surface area contributed by atoms with Gasteiger partial charge in [-0.25, -0.2) is 19.1 Å². The Kier molecular flexibility index (Phi) is 19.3. The van der Waals surface area contributed by atoms with E-state index in [1.807, 2.05) is 117 Å². The first-order chi connectivity index (χ1) is 31.6. The zero-order chi connectivity index (χ0) is 47.6. The molecule has 3 amide bonds. The van der Waals surface area contributed by atoms with E-state index in [2.05, 4.69) is 48.2 Å². The molecule has 14 nitrogen and oxygen atoms in total. The third kappa shape index (κ3) is 16.1. The zero-order valence-electron chi connectivity index (χ0n) is 39.3. The Morgan fingerprint density at radius 3 is 1.88 bits per heavy atom. The number of aromatic nitrogens is 1. The number of carbonyl (C=O) groups excluding carboxylic acids is 3. The maximum atomic E-state index is 14.0. The predicted octanol–water partition coefficient (Wildman–Crippen LogP) is 12.3. The highest BCUT2D eigenvalue weighted by atomic mass is 31.2. The van der Waals surface area contributed by atoms with E-state index >= 15 is 0 Å². The summed E-state index contributed by atoms with van der Waals surface area (Å²) in [6, 6.07) is 34.9. The molecule has 352 valence electrons. The van der Waals surface area contributed by atoms with Gasteiger partial charge in [-0.05, 0) is 78.1 Å². The minimum Gasteiger partial charge on any atom is -0.425 e. The number of ether oxygens (including phenoxy) is 2. The molecule has 0 aliphatic rings. The van der Waals surface area contributed by atoms with Crippen molar-refractivity contribution in [3.05, 3.63) is 149 Å². The van der Waals surface area contributed by atoms with Gasteiger partial charge in [-0.2, -0.15) is 0 Å². The summed E-state index contributed by atoms with van der Waals surface area (Å²) >= 11 is 0. The number of anilines is 4. The molecule has 2 N–H and O–H groups in total. The van der Waals surface area contributed by atoms with Crippen molar-refractivity contribution < 1.29 is 42.0 Å². The highest BCUT2D eigenvalue weighted by molar-refractivity contribution is 7.48. The molecule has 5 rings (SSSR count). The van der Waals surface area contributed by atoms with E-state index in [4.69, 9.17) is 23.0 Å². The van der Waals surface area contributed by atoms with E-state index < -0.39 is 26.2 Å². The second-order valence-electron chi connectivity index (χ2n) is 16.9. The number of phosphoric acid groups is 1. The Labute approximate surface area is 389 Å². The number of esters is 1. The lowest BCUT2D eigenvalue weighted by Crippen LogP contribution is -2.33. The fourth-order valence-electron chi connectivity index (χ4n) is 7.08. The van der Waals surface area contributed by atoms with Gasteiger partial charge < -0.3 is 25.0 Å². The number of hydrogen-bond acceptors (Lipinski definition) is 11. The maximum absolute atomic E-state index is 14.0. The Morgan fingerprint density at radius 2 is 1.30 bits per heavy atom. The van der Waals surface area contributed by atoms with Crippen LogP contribution in [0, 0.1) is 18.8 Å². The van der Waals surface area contributed by atoms with E-state index in [0.29, 0.717) is 35.2 Å². The molecule has 0 radical (unpaired) electrons. The summed E-state index contributed by atoms with van der Waals surface area (Å²) < 4.78 is 42.5. The number of hydrogen-bond donors (Lipinski definition) is 2. The first kappa shape index (κ1) is 50.9. The van der Waals surface area contributed by atoms with Crippen molar-refractivity contribution in [1.29, 1.82) is 0 Å². The number of pyridine rings is 1. The van der Waals surface area contributed by atoms with Crippen LogP contribution in [0.1, 0.15) is 88.1 Å². The number of aryl methyl sites for hydroxylation is 1. The molecule has 0 saturated carbocycles. The molecule has 0 aliphatic carbocycles. The largest absolute Gasteiger partial charge is 0.475 e. The lowest BCUT2D eigenvalue weighted by atomic mass is 9.92. The minimum atomic E-state index is -4.15. The van der Waals surface area contributed by atoms with Gasteiger partial charge in [0.25, 0.3) is 0 Å². The molecule has 1 unspecified atom stereocenters. The van der Waals surface area contributed by atoms with Crippen LogP contribution in [0.25, 0.3) is 0 Å². The van der Waals surface area contributed by atoms with E-state index in [-0.39, 0.29) is 44.0 Å². The number of nitrogens with zero attached hydrogens (tertiary/aromatic N) is 3. The monoisotopic (exact) mass is 921 g/mol. The first-order valence-corrected chi connectivity index (χ1v) is 23.8. The summed E-state index contributed by atoms with van der Waals surface area (Å²) in [6.45, 7) is 15.3. The zero-order valence-corrected chi connectivity index (χ0v) is 40.2. The Balaban J connectivity index is 1.23. The SMILES string of the molecule is CC[C@@H](CC(=O)OC(C)OC(=O)N(C)c1ncccc1COP(=O)(OCc1ccccc1)OCc1ccccc1)c1ccc(N(CC(C)C)CC(C)C)c(NC(=O)Nc2ccc(C)cc2)c1. The van der Waals surface area contributed by atoms with Gasteiger partial charge in [0.1, 0.15) is 5.82 Å². The van der Waals surface area contributed by atoms with Crippen LogP contribution in [0.5, 0.6) is 0 Å². The molecule has 0 saturated heterocycles. The Bertz CT molecular complexity index is 2310. The second kappa shape index (κ2) is 25.0. The van der Waals surface area contributed by atoms with Crippen molar-refractivity contribution in [1.82, 2.24) is 4.98 Å². The number of rotatable bonds is 23. The van der Waals surface area contributed by atoms with Crippen LogP contribution in [0.4, 0.5) is 32.5 Å². The third-order valence-corrected chi connectivity index (χ3v) is 11.7. The van der Waals surface area contributed by atoms with Gasteiger partial charge in [-0.15, -0.1) is 0 Å². The summed E-state index contributed by atoms with van der Waals surface area (Å²) in [7, 11) is -2.70. The molecule has 0 spiro atoms. The molecular formula is C51H64N5O9P. The standard InChI is InChI=1S/C51H64N5O9P/c1-9-42(43-24-27-47(56(31-36(2)3)32-37(4)5)46(29-43)54-50(58)53-45-25-22-38(6)23-26-45)30-48(57)64-39(7)65-51(59)55(8)49-44(21-16-28-52-49)35-63-66(60,61-33-40-17-12-10-13-18-40)62-34-41-19-14-11-15-20-41/h10-29,36-37,39,42H,9,30-35H2,1-8H3,(H2,53,54,58)/t39?,42-/m0/s1. The minimum absolute atomic E-state index is 0.00917. The molecule has 4 aromatic carbocycles. The maximum Gasteiger partial charge on any atom is 0.475 e. The Hall–Kier alpha value is -6.05. The van der Waals surface area contributed by atoms with Crippen molar-refractivity contribution >= 4 is 48.8 Å². The fraction of sp³-hybridized carbons (Fsp3) is 0.373. The van der Waals surface area contributed by atoms with E-state index in [9.17, 15) is 18.9 Å². The van der Waals surface area contributed by atoms with Crippen LogP contribution in [0.15, 0.2) is 121 Å². The molecule has 0 aliphatic heterocycles. The van der Waals surface area contributed by atoms with Gasteiger partial charge in [0.2, 0.25) is 6.29 Å². The summed E-state index contributed by atoms with van der Waals surface area (Å²) in [6.07, 6.45) is -0.0330. The van der Waals surface area contributed by atoms with Gasteiger partial charge in [0.05, 0.1) is 37.6 Å². The average Bonchev–Trinajstić information content (AvgIpc) is 3.29. The van der Waals surface area contributed by atoms with Crippen LogP contribution < -0.4 is 20.4 Å². The van der Waals surface area contributed by atoms with E-state index in [0.717, 1.165) is 45.9 Å². The van der Waals surface area contributed by atoms with Crippen LogP contribution in [0.2, 0.25) is 0 Å². The van der Waals surface area contributed by atoms with Crippen molar-refractivity contribution in [2.45, 2.75) is 93.3 Å². The summed E-state index contributed by atoms with van der Waals surface area (Å²) in [5.74, 6) is 0.0451. The third-order valence-electron chi connectivity index (χ3n) is 10.3. The van der Waals surface area contributed by atoms with Gasteiger partial charge in [0.15, 0.2) is 0 Å². The van der Waals surface area contributed by atoms with Gasteiger partial charge in [-0.3, -0.25) is 23.3 Å². The van der Waals surface area contributed by atoms with Crippen LogP contribution >= 0.6 is 7.82 Å². The van der Waals surface area contributed by atoms with Crippen LogP contribution in [-0.4, -0.2) is 49.5 Å². The van der Waals surface area contributed by atoms with E-state index in [1.165, 1.54) is 20.2 Å². The summed E-state index contributed by atoms with van der Waals surface area (Å²) in [5, 5.41) is 6.02. The van der Waals surface area contributed by atoms with Crippen LogP contribution in [-0.2, 0) is 52.2 Å². The summed E-state index contributed by atoms with van der Waals surface area (Å²) in [4.78, 5) is 48.1. The predicted molar refractivity (Wildman–Crippen MR) is 259 cm³/mol. The van der Waals surface area contributed by atoms with Gasteiger partial charge in [0, 0.05) is 44.5 Å². The Morgan fingerprint density at radius 1 is 0.712 bits per heavy atom. The molecule has 1 aromatic heterocycles. The van der Waals surface area contributed by atoms with Gasteiger partial charge in [-0.1, -0.05) is 125 Å². The smallest absolute Gasteiger partial charge is 0.425 e. The molecule has 15 heteroatoms.